The van der Waals surface area contributed by atoms with Crippen molar-refractivity contribution in [3.8, 4) is 0 Å². The maximum Gasteiger partial charge on any atom is 0.328 e. The largest absolute Gasteiger partial charge is 0.478 e. The SMILES string of the molecule is Cc1cc(C(N)=O)ccc1NC(=O)/C=C/C(=O)O. The normalized spacial score (nSPS) is 10.3. The number of carboxylic acid groups (broad SMARTS) is 1. The van der Waals surface area contributed by atoms with Crippen molar-refractivity contribution in [2.45, 2.75) is 6.92 Å². The van der Waals surface area contributed by atoms with E-state index in [1.54, 1.807) is 13.0 Å². The molecule has 6 nitrogen and oxygen atoms in total. The van der Waals surface area contributed by atoms with Gasteiger partial charge in [0.1, 0.15) is 0 Å². The van der Waals surface area contributed by atoms with Gasteiger partial charge in [-0.15, -0.1) is 0 Å². The van der Waals surface area contributed by atoms with Gasteiger partial charge in [-0.3, -0.25) is 9.59 Å². The highest BCUT2D eigenvalue weighted by atomic mass is 16.4. The molecule has 0 radical (unpaired) electrons. The van der Waals surface area contributed by atoms with Crippen molar-refractivity contribution in [1.82, 2.24) is 0 Å². The minimum Gasteiger partial charge on any atom is -0.478 e. The fraction of sp³-hybridized carbons (Fsp3) is 0.0833. The van der Waals surface area contributed by atoms with E-state index in [4.69, 9.17) is 10.8 Å². The van der Waals surface area contributed by atoms with Crippen LogP contribution in [0.2, 0.25) is 0 Å². The maximum absolute atomic E-state index is 11.3. The quantitative estimate of drug-likeness (QED) is 0.680. The Morgan fingerprint density at radius 2 is 1.94 bits per heavy atom. The molecule has 94 valence electrons. The van der Waals surface area contributed by atoms with E-state index in [2.05, 4.69) is 5.32 Å². The molecule has 18 heavy (non-hydrogen) atoms. The number of carbonyl (C=O) groups excluding carboxylic acids is 2. The predicted molar refractivity (Wildman–Crippen MR) is 65.1 cm³/mol. The van der Waals surface area contributed by atoms with E-state index in [1.807, 2.05) is 0 Å². The summed E-state index contributed by atoms with van der Waals surface area (Å²) in [7, 11) is 0. The topological polar surface area (TPSA) is 109 Å². The summed E-state index contributed by atoms with van der Waals surface area (Å²) in [6.45, 7) is 1.70. The first kappa shape index (κ1) is 13.4. The molecule has 0 unspecified atom stereocenters. The second-order valence-corrected chi connectivity index (χ2v) is 3.55. The van der Waals surface area contributed by atoms with Gasteiger partial charge in [0.15, 0.2) is 0 Å². The van der Waals surface area contributed by atoms with Gasteiger partial charge in [0, 0.05) is 23.4 Å². The van der Waals surface area contributed by atoms with Gasteiger partial charge in [0.25, 0.3) is 0 Å². The summed E-state index contributed by atoms with van der Waals surface area (Å²) in [5, 5.41) is 10.9. The van der Waals surface area contributed by atoms with Crippen LogP contribution in [0.15, 0.2) is 30.4 Å². The molecule has 0 bridgehead atoms. The van der Waals surface area contributed by atoms with Crippen molar-refractivity contribution in [2.75, 3.05) is 5.32 Å². The van der Waals surface area contributed by atoms with Crippen LogP contribution in [0, 0.1) is 6.92 Å². The third kappa shape index (κ3) is 3.75. The molecule has 0 aliphatic heterocycles. The molecule has 2 amide bonds. The van der Waals surface area contributed by atoms with Crippen LogP contribution in [0.1, 0.15) is 15.9 Å². The van der Waals surface area contributed by atoms with E-state index >= 15 is 0 Å². The monoisotopic (exact) mass is 248 g/mol. The van der Waals surface area contributed by atoms with Crippen molar-refractivity contribution in [3.63, 3.8) is 0 Å². The summed E-state index contributed by atoms with van der Waals surface area (Å²) in [5.41, 5.74) is 6.59. The zero-order valence-corrected chi connectivity index (χ0v) is 9.64. The number of amides is 2. The van der Waals surface area contributed by atoms with Crippen LogP contribution in [0.3, 0.4) is 0 Å². The Labute approximate surface area is 103 Å². The summed E-state index contributed by atoms with van der Waals surface area (Å²) < 4.78 is 0. The summed E-state index contributed by atoms with van der Waals surface area (Å²) in [4.78, 5) is 32.5. The number of carboxylic acids is 1. The van der Waals surface area contributed by atoms with Gasteiger partial charge in [0.05, 0.1) is 0 Å². The third-order valence-electron chi connectivity index (χ3n) is 2.15. The fourth-order valence-electron chi connectivity index (χ4n) is 1.28. The number of anilines is 1. The first-order chi connectivity index (χ1) is 8.40. The first-order valence-electron chi connectivity index (χ1n) is 5.02. The molecule has 0 saturated carbocycles. The van der Waals surface area contributed by atoms with Gasteiger partial charge in [-0.1, -0.05) is 0 Å². The van der Waals surface area contributed by atoms with Gasteiger partial charge in [-0.2, -0.15) is 0 Å². The highest BCUT2D eigenvalue weighted by molar-refractivity contribution is 6.03. The molecule has 1 rings (SSSR count). The Balaban J connectivity index is 2.83. The number of benzene rings is 1. The second kappa shape index (κ2) is 5.62. The summed E-state index contributed by atoms with van der Waals surface area (Å²) in [5.74, 6) is -2.32. The van der Waals surface area contributed by atoms with Crippen molar-refractivity contribution in [2.24, 2.45) is 5.73 Å². The second-order valence-electron chi connectivity index (χ2n) is 3.55. The molecule has 1 aromatic carbocycles. The number of hydrogen-bond acceptors (Lipinski definition) is 3. The molecule has 0 aliphatic rings. The van der Waals surface area contributed by atoms with E-state index in [0.717, 1.165) is 12.2 Å². The van der Waals surface area contributed by atoms with Crippen molar-refractivity contribution >= 4 is 23.5 Å². The van der Waals surface area contributed by atoms with Gasteiger partial charge >= 0.3 is 5.97 Å². The van der Waals surface area contributed by atoms with Crippen molar-refractivity contribution in [3.05, 3.63) is 41.5 Å². The number of nitrogens with one attached hydrogen (secondary N) is 1. The van der Waals surface area contributed by atoms with E-state index in [1.165, 1.54) is 12.1 Å². The summed E-state index contributed by atoms with van der Waals surface area (Å²) in [6.07, 6.45) is 1.65. The molecule has 4 N–H and O–H groups in total. The Kier molecular flexibility index (Phi) is 4.20. The van der Waals surface area contributed by atoms with Crippen LogP contribution in [0.4, 0.5) is 5.69 Å². The van der Waals surface area contributed by atoms with Crippen molar-refractivity contribution in [1.29, 1.82) is 0 Å². The Bertz CT molecular complexity index is 535. The molecule has 0 fully saturated rings. The van der Waals surface area contributed by atoms with E-state index in [0.29, 0.717) is 16.8 Å². The number of carbonyl (C=O) groups is 3. The number of hydrogen-bond donors (Lipinski definition) is 3. The zero-order valence-electron chi connectivity index (χ0n) is 9.64. The Morgan fingerprint density at radius 1 is 1.28 bits per heavy atom. The van der Waals surface area contributed by atoms with E-state index in [9.17, 15) is 14.4 Å². The van der Waals surface area contributed by atoms with Crippen LogP contribution < -0.4 is 11.1 Å². The number of primary amides is 1. The third-order valence-corrected chi connectivity index (χ3v) is 2.15. The van der Waals surface area contributed by atoms with Gasteiger partial charge in [0.2, 0.25) is 11.8 Å². The van der Waals surface area contributed by atoms with Crippen LogP contribution in [-0.4, -0.2) is 22.9 Å². The lowest BCUT2D eigenvalue weighted by molar-refractivity contribution is -0.131. The highest BCUT2D eigenvalue weighted by Gasteiger charge is 2.06. The smallest absolute Gasteiger partial charge is 0.328 e. The molecular formula is C12H12N2O4. The number of nitrogens with two attached hydrogens (primary N) is 1. The lowest BCUT2D eigenvalue weighted by atomic mass is 10.1. The molecule has 0 heterocycles. The van der Waals surface area contributed by atoms with Crippen LogP contribution >= 0.6 is 0 Å². The van der Waals surface area contributed by atoms with Gasteiger partial charge in [-0.05, 0) is 30.7 Å². The molecule has 6 heteroatoms. The molecule has 0 spiro atoms. The molecule has 0 saturated heterocycles. The minimum absolute atomic E-state index is 0.339. The lowest BCUT2D eigenvalue weighted by Gasteiger charge is -2.07. The number of rotatable bonds is 4. The average Bonchev–Trinajstić information content (AvgIpc) is 2.29. The Hall–Kier alpha value is -2.63. The molecule has 1 aromatic rings. The maximum atomic E-state index is 11.3. The van der Waals surface area contributed by atoms with Crippen LogP contribution in [0.5, 0.6) is 0 Å². The van der Waals surface area contributed by atoms with E-state index < -0.39 is 17.8 Å². The van der Waals surface area contributed by atoms with Crippen LogP contribution in [-0.2, 0) is 9.59 Å². The highest BCUT2D eigenvalue weighted by Crippen LogP contribution is 2.16. The summed E-state index contributed by atoms with van der Waals surface area (Å²) in [6, 6.07) is 4.55. The van der Waals surface area contributed by atoms with E-state index in [-0.39, 0.29) is 0 Å². The van der Waals surface area contributed by atoms with Crippen molar-refractivity contribution < 1.29 is 19.5 Å². The minimum atomic E-state index is -1.20. The van der Waals surface area contributed by atoms with Crippen LogP contribution in [0.25, 0.3) is 0 Å². The molecule has 0 aromatic heterocycles. The van der Waals surface area contributed by atoms with Gasteiger partial charge < -0.3 is 16.2 Å². The average molecular weight is 248 g/mol. The summed E-state index contributed by atoms with van der Waals surface area (Å²) >= 11 is 0. The standard InChI is InChI=1S/C12H12N2O4/c1-7-6-8(12(13)18)2-3-9(7)14-10(15)4-5-11(16)17/h2-6H,1H3,(H2,13,18)(H,14,15)(H,16,17)/b5-4+. The predicted octanol–water partition coefficient (Wildman–Crippen LogP) is 0.673. The molecular weight excluding hydrogens is 236 g/mol. The molecule has 0 atom stereocenters. The number of aryl methyl sites for hydroxylation is 1. The Morgan fingerprint density at radius 3 is 2.44 bits per heavy atom. The lowest BCUT2D eigenvalue weighted by Crippen LogP contribution is -2.13. The zero-order chi connectivity index (χ0) is 13.7. The first-order valence-corrected chi connectivity index (χ1v) is 5.02. The molecule has 0 aliphatic carbocycles. The number of aliphatic carboxylic acids is 1. The fourth-order valence-corrected chi connectivity index (χ4v) is 1.28. The van der Waals surface area contributed by atoms with Gasteiger partial charge in [-0.25, -0.2) is 4.79 Å².